The number of imidazole rings is 1. The molecule has 0 amide bonds. The summed E-state index contributed by atoms with van der Waals surface area (Å²) in [6, 6.07) is 11.5. The fourth-order valence-corrected chi connectivity index (χ4v) is 2.82. The van der Waals surface area contributed by atoms with Gasteiger partial charge in [0.2, 0.25) is 6.79 Å². The Labute approximate surface area is 132 Å². The topological polar surface area (TPSA) is 62.3 Å². The van der Waals surface area contributed by atoms with E-state index in [1.54, 1.807) is 0 Å². The van der Waals surface area contributed by atoms with E-state index >= 15 is 0 Å². The van der Waals surface area contributed by atoms with Gasteiger partial charge in [-0.05, 0) is 24.3 Å². The van der Waals surface area contributed by atoms with Gasteiger partial charge in [-0.15, -0.1) is 0 Å². The van der Waals surface area contributed by atoms with Crippen LogP contribution in [0.5, 0.6) is 11.5 Å². The average Bonchev–Trinajstić information content (AvgIpc) is 3.11. The van der Waals surface area contributed by atoms with Gasteiger partial charge >= 0.3 is 0 Å². The minimum absolute atomic E-state index is 0.253. The molecule has 2 heterocycles. The summed E-state index contributed by atoms with van der Waals surface area (Å²) in [4.78, 5) is 4.74. The van der Waals surface area contributed by atoms with Crippen LogP contribution in [0.4, 0.5) is 0 Å². The zero-order valence-corrected chi connectivity index (χ0v) is 12.5. The van der Waals surface area contributed by atoms with Crippen molar-refractivity contribution in [3.63, 3.8) is 0 Å². The molecule has 0 fully saturated rings. The van der Waals surface area contributed by atoms with Crippen LogP contribution in [0, 0.1) is 0 Å². The first-order valence-electron chi connectivity index (χ1n) is 7.02. The van der Waals surface area contributed by atoms with Crippen LogP contribution in [0.2, 0.25) is 5.02 Å². The Balaban J connectivity index is 1.93. The highest BCUT2D eigenvalue weighted by Crippen LogP contribution is 2.37. The van der Waals surface area contributed by atoms with Crippen LogP contribution in [-0.4, -0.2) is 22.9 Å². The normalized spacial score (nSPS) is 13.0. The second-order valence-electron chi connectivity index (χ2n) is 5.08. The van der Waals surface area contributed by atoms with Gasteiger partial charge in [0.1, 0.15) is 5.82 Å². The highest BCUT2D eigenvalue weighted by atomic mass is 35.5. The molecule has 5 nitrogen and oxygen atoms in total. The Hall–Kier alpha value is -2.24. The number of rotatable bonds is 3. The Morgan fingerprint density at radius 3 is 2.59 bits per heavy atom. The molecule has 1 aliphatic heterocycles. The molecular formula is C16H14ClN3O2. The Morgan fingerprint density at radius 2 is 1.86 bits per heavy atom. The molecule has 6 heteroatoms. The van der Waals surface area contributed by atoms with E-state index in [2.05, 4.69) is 4.57 Å². The highest BCUT2D eigenvalue weighted by molar-refractivity contribution is 6.30. The molecule has 0 spiro atoms. The number of aromatic nitrogens is 2. The summed E-state index contributed by atoms with van der Waals surface area (Å²) < 4.78 is 13.0. The molecule has 0 unspecified atom stereocenters. The first kappa shape index (κ1) is 13.4. The van der Waals surface area contributed by atoms with Gasteiger partial charge in [0.15, 0.2) is 11.5 Å². The number of benzene rings is 2. The van der Waals surface area contributed by atoms with Crippen molar-refractivity contribution in [3.8, 4) is 22.9 Å². The van der Waals surface area contributed by atoms with Crippen LogP contribution in [0.15, 0.2) is 36.4 Å². The lowest BCUT2D eigenvalue weighted by Crippen LogP contribution is -2.10. The quantitative estimate of drug-likeness (QED) is 0.807. The maximum Gasteiger partial charge on any atom is 0.231 e. The number of fused-ring (bicyclic) bond motifs is 2. The van der Waals surface area contributed by atoms with E-state index in [9.17, 15) is 0 Å². The third-order valence-corrected chi connectivity index (χ3v) is 3.95. The third kappa shape index (κ3) is 2.10. The molecule has 0 saturated carbocycles. The van der Waals surface area contributed by atoms with Crippen molar-refractivity contribution in [3.05, 3.63) is 41.4 Å². The maximum atomic E-state index is 5.97. The van der Waals surface area contributed by atoms with Gasteiger partial charge in [-0.25, -0.2) is 4.98 Å². The Bertz CT molecular complexity index is 843. The van der Waals surface area contributed by atoms with E-state index in [4.69, 9.17) is 31.8 Å². The molecule has 22 heavy (non-hydrogen) atoms. The molecule has 0 bridgehead atoms. The predicted octanol–water partition coefficient (Wildman–Crippen LogP) is 3.04. The molecule has 4 rings (SSSR count). The van der Waals surface area contributed by atoms with E-state index in [1.807, 2.05) is 36.4 Å². The number of nitrogens with two attached hydrogens (primary N) is 1. The summed E-state index contributed by atoms with van der Waals surface area (Å²) in [5, 5.41) is 0.700. The van der Waals surface area contributed by atoms with Crippen molar-refractivity contribution in [2.75, 3.05) is 13.3 Å². The van der Waals surface area contributed by atoms with Gasteiger partial charge in [-0.3, -0.25) is 0 Å². The van der Waals surface area contributed by atoms with Crippen LogP contribution in [-0.2, 0) is 6.54 Å². The summed E-state index contributed by atoms with van der Waals surface area (Å²) in [5.41, 5.74) is 8.61. The SMILES string of the molecule is NCCn1c(-c2ccc(Cl)cc2)nc2cc3c(cc21)OCO3. The second kappa shape index (κ2) is 5.19. The first-order valence-corrected chi connectivity index (χ1v) is 7.40. The molecular weight excluding hydrogens is 302 g/mol. The van der Waals surface area contributed by atoms with E-state index in [1.165, 1.54) is 0 Å². The van der Waals surface area contributed by atoms with Gasteiger partial charge in [-0.2, -0.15) is 0 Å². The Kier molecular flexibility index (Phi) is 3.17. The molecule has 1 aromatic heterocycles. The zero-order valence-electron chi connectivity index (χ0n) is 11.8. The minimum atomic E-state index is 0.253. The zero-order chi connectivity index (χ0) is 15.1. The van der Waals surface area contributed by atoms with Crippen LogP contribution in [0.25, 0.3) is 22.4 Å². The third-order valence-electron chi connectivity index (χ3n) is 3.70. The lowest BCUT2D eigenvalue weighted by atomic mass is 10.2. The fraction of sp³-hybridized carbons (Fsp3) is 0.188. The van der Waals surface area contributed by atoms with Crippen molar-refractivity contribution < 1.29 is 9.47 Å². The van der Waals surface area contributed by atoms with Gasteiger partial charge in [0, 0.05) is 35.8 Å². The molecule has 1 aliphatic rings. The molecule has 2 N–H and O–H groups in total. The minimum Gasteiger partial charge on any atom is -0.454 e. The summed E-state index contributed by atoms with van der Waals surface area (Å²) in [5.74, 6) is 2.33. The predicted molar refractivity (Wildman–Crippen MR) is 85.4 cm³/mol. The van der Waals surface area contributed by atoms with Crippen molar-refractivity contribution in [1.82, 2.24) is 9.55 Å². The number of hydrogen-bond acceptors (Lipinski definition) is 4. The lowest BCUT2D eigenvalue weighted by molar-refractivity contribution is 0.174. The maximum absolute atomic E-state index is 5.97. The first-order chi connectivity index (χ1) is 10.8. The monoisotopic (exact) mass is 315 g/mol. The van der Waals surface area contributed by atoms with Crippen molar-refractivity contribution in [1.29, 1.82) is 0 Å². The largest absolute Gasteiger partial charge is 0.454 e. The number of ether oxygens (including phenoxy) is 2. The molecule has 0 saturated heterocycles. The fourth-order valence-electron chi connectivity index (χ4n) is 2.69. The summed E-state index contributed by atoms with van der Waals surface area (Å²) >= 11 is 5.97. The van der Waals surface area contributed by atoms with E-state index in [-0.39, 0.29) is 6.79 Å². The molecule has 0 radical (unpaired) electrons. The molecule has 0 atom stereocenters. The van der Waals surface area contributed by atoms with Crippen molar-refractivity contribution in [2.45, 2.75) is 6.54 Å². The van der Waals surface area contributed by atoms with Gasteiger partial charge < -0.3 is 19.8 Å². The smallest absolute Gasteiger partial charge is 0.231 e. The van der Waals surface area contributed by atoms with Crippen LogP contribution < -0.4 is 15.2 Å². The van der Waals surface area contributed by atoms with E-state index < -0.39 is 0 Å². The van der Waals surface area contributed by atoms with Gasteiger partial charge in [0.25, 0.3) is 0 Å². The lowest BCUT2D eigenvalue weighted by Gasteiger charge is -2.08. The molecule has 112 valence electrons. The molecule has 3 aromatic rings. The highest BCUT2D eigenvalue weighted by Gasteiger charge is 2.19. The van der Waals surface area contributed by atoms with Gasteiger partial charge in [0.05, 0.1) is 11.0 Å². The van der Waals surface area contributed by atoms with Crippen LogP contribution in [0.1, 0.15) is 0 Å². The summed E-state index contributed by atoms with van der Waals surface area (Å²) in [6.45, 7) is 1.46. The van der Waals surface area contributed by atoms with E-state index in [0.29, 0.717) is 18.1 Å². The number of halogens is 1. The average molecular weight is 316 g/mol. The standard InChI is InChI=1S/C16H14ClN3O2/c17-11-3-1-10(2-4-11)16-19-12-7-14-15(22-9-21-14)8-13(12)20(16)6-5-18/h1-4,7-8H,5-6,9,18H2. The summed E-state index contributed by atoms with van der Waals surface area (Å²) in [6.07, 6.45) is 0. The summed E-state index contributed by atoms with van der Waals surface area (Å²) in [7, 11) is 0. The number of hydrogen-bond donors (Lipinski definition) is 1. The van der Waals surface area contributed by atoms with Crippen LogP contribution in [0.3, 0.4) is 0 Å². The second-order valence-corrected chi connectivity index (χ2v) is 5.51. The van der Waals surface area contributed by atoms with Crippen molar-refractivity contribution >= 4 is 22.6 Å². The van der Waals surface area contributed by atoms with Crippen molar-refractivity contribution in [2.24, 2.45) is 5.73 Å². The molecule has 0 aliphatic carbocycles. The number of nitrogens with zero attached hydrogens (tertiary/aromatic N) is 2. The van der Waals surface area contributed by atoms with E-state index in [0.717, 1.165) is 33.9 Å². The van der Waals surface area contributed by atoms with Gasteiger partial charge in [-0.1, -0.05) is 11.6 Å². The van der Waals surface area contributed by atoms with Crippen LogP contribution >= 0.6 is 11.6 Å². The molecule has 2 aromatic carbocycles. The Morgan fingerprint density at radius 1 is 1.14 bits per heavy atom.